The van der Waals surface area contributed by atoms with Gasteiger partial charge in [-0.3, -0.25) is 4.79 Å². The number of rotatable bonds is 6. The Hall–Kier alpha value is -3.08. The van der Waals surface area contributed by atoms with E-state index in [2.05, 4.69) is 0 Å². The van der Waals surface area contributed by atoms with Crippen LogP contribution in [0.5, 0.6) is 5.75 Å². The van der Waals surface area contributed by atoms with Gasteiger partial charge in [-0.15, -0.1) is 0 Å². The highest BCUT2D eigenvalue weighted by Gasteiger charge is 2.15. The second-order valence-electron chi connectivity index (χ2n) is 6.50. The molecule has 0 bridgehead atoms. The molecule has 0 aliphatic rings. The van der Waals surface area contributed by atoms with Crippen molar-refractivity contribution in [3.63, 3.8) is 0 Å². The second-order valence-corrected chi connectivity index (χ2v) is 6.50. The third kappa shape index (κ3) is 4.19. The summed E-state index contributed by atoms with van der Waals surface area (Å²) < 4.78 is 11.1. The van der Waals surface area contributed by atoms with Gasteiger partial charge in [0.05, 0.1) is 0 Å². The number of aryl methyl sites for hydroxylation is 2. The molecule has 0 atom stereocenters. The van der Waals surface area contributed by atoms with Crippen molar-refractivity contribution in [2.24, 2.45) is 0 Å². The van der Waals surface area contributed by atoms with Crippen molar-refractivity contribution < 1.29 is 13.9 Å². The number of nitrogens with zero attached hydrogens (tertiary/aromatic N) is 1. The monoisotopic (exact) mass is 365 g/mol. The smallest absolute Gasteiger partial charge is 0.336 e. The maximum atomic E-state index is 12.6. The van der Waals surface area contributed by atoms with Gasteiger partial charge in [-0.2, -0.15) is 0 Å². The number of fused-ring (bicyclic) bond motifs is 1. The molecule has 0 spiro atoms. The molecule has 2 aromatic carbocycles. The fourth-order valence-corrected chi connectivity index (χ4v) is 3.07. The van der Waals surface area contributed by atoms with Crippen molar-refractivity contribution in [3.8, 4) is 5.75 Å². The van der Waals surface area contributed by atoms with Crippen LogP contribution in [0, 0.1) is 13.8 Å². The van der Waals surface area contributed by atoms with Crippen LogP contribution >= 0.6 is 0 Å². The Morgan fingerprint density at radius 3 is 2.56 bits per heavy atom. The molecule has 0 saturated heterocycles. The van der Waals surface area contributed by atoms with Crippen molar-refractivity contribution >= 4 is 16.9 Å². The van der Waals surface area contributed by atoms with Gasteiger partial charge < -0.3 is 14.1 Å². The average molecular weight is 365 g/mol. The van der Waals surface area contributed by atoms with Crippen LogP contribution in [0.2, 0.25) is 0 Å². The number of ether oxygens (including phenoxy) is 1. The lowest BCUT2D eigenvalue weighted by Gasteiger charge is -2.21. The van der Waals surface area contributed by atoms with E-state index in [1.807, 2.05) is 63.2 Å². The first-order valence-corrected chi connectivity index (χ1v) is 8.98. The number of carbonyl (C=O) groups excluding carboxylic acids is 1. The van der Waals surface area contributed by atoms with Gasteiger partial charge in [0.25, 0.3) is 5.91 Å². The number of hydrogen-bond donors (Lipinski definition) is 0. The van der Waals surface area contributed by atoms with Gasteiger partial charge in [0.2, 0.25) is 0 Å². The van der Waals surface area contributed by atoms with Crippen LogP contribution in [0.15, 0.2) is 57.7 Å². The van der Waals surface area contributed by atoms with E-state index >= 15 is 0 Å². The Bertz CT molecular complexity index is 1010. The molecule has 1 amide bonds. The standard InChI is InChI=1S/C22H23NO4/c1-4-23(13-17-8-6-5-7-9-17)20(24)14-26-19-11-10-18-15(2)12-21(25)27-22(18)16(19)3/h5-12H,4,13-14H2,1-3H3. The Kier molecular flexibility index (Phi) is 5.60. The third-order valence-corrected chi connectivity index (χ3v) is 4.62. The largest absolute Gasteiger partial charge is 0.483 e. The molecule has 3 rings (SSSR count). The molecule has 0 aliphatic heterocycles. The van der Waals surface area contributed by atoms with Crippen LogP contribution in [-0.2, 0) is 11.3 Å². The topological polar surface area (TPSA) is 59.8 Å². The summed E-state index contributed by atoms with van der Waals surface area (Å²) in [6, 6.07) is 15.0. The summed E-state index contributed by atoms with van der Waals surface area (Å²) >= 11 is 0. The fourth-order valence-electron chi connectivity index (χ4n) is 3.07. The van der Waals surface area contributed by atoms with Gasteiger partial charge in [0.1, 0.15) is 11.3 Å². The van der Waals surface area contributed by atoms with Crippen LogP contribution in [0.3, 0.4) is 0 Å². The first-order valence-electron chi connectivity index (χ1n) is 8.98. The molecule has 5 heteroatoms. The van der Waals surface area contributed by atoms with Crippen LogP contribution in [-0.4, -0.2) is 24.0 Å². The van der Waals surface area contributed by atoms with E-state index in [0.717, 1.165) is 16.5 Å². The van der Waals surface area contributed by atoms with E-state index in [-0.39, 0.29) is 12.5 Å². The molecule has 140 valence electrons. The minimum absolute atomic E-state index is 0.0664. The molecule has 0 fully saturated rings. The Morgan fingerprint density at radius 1 is 1.11 bits per heavy atom. The zero-order chi connectivity index (χ0) is 19.4. The minimum Gasteiger partial charge on any atom is -0.483 e. The van der Waals surface area contributed by atoms with Crippen molar-refractivity contribution in [1.29, 1.82) is 0 Å². The average Bonchev–Trinajstić information content (AvgIpc) is 2.66. The van der Waals surface area contributed by atoms with Crippen molar-refractivity contribution in [3.05, 3.63) is 75.6 Å². The van der Waals surface area contributed by atoms with Crippen molar-refractivity contribution in [1.82, 2.24) is 4.90 Å². The maximum Gasteiger partial charge on any atom is 0.336 e. The number of likely N-dealkylation sites (N-methyl/N-ethyl adjacent to an activating group) is 1. The van der Waals surface area contributed by atoms with Gasteiger partial charge in [-0.25, -0.2) is 4.79 Å². The normalized spacial score (nSPS) is 10.8. The highest BCUT2D eigenvalue weighted by atomic mass is 16.5. The molecule has 5 nitrogen and oxygen atoms in total. The van der Waals surface area contributed by atoms with Crippen LogP contribution < -0.4 is 10.4 Å². The van der Waals surface area contributed by atoms with Crippen molar-refractivity contribution in [2.45, 2.75) is 27.3 Å². The molecule has 1 heterocycles. The quantitative estimate of drug-likeness (QED) is 0.623. The first kappa shape index (κ1) is 18.7. The molecule has 3 aromatic rings. The summed E-state index contributed by atoms with van der Waals surface area (Å²) in [5.74, 6) is 0.451. The number of amides is 1. The molecule has 0 N–H and O–H groups in total. The number of benzene rings is 2. The molecule has 0 unspecified atom stereocenters. The SMILES string of the molecule is CCN(Cc1ccccc1)C(=O)COc1ccc2c(C)cc(=O)oc2c1C. The van der Waals surface area contributed by atoms with Gasteiger partial charge in [-0.05, 0) is 44.0 Å². The lowest BCUT2D eigenvalue weighted by Crippen LogP contribution is -2.34. The second kappa shape index (κ2) is 8.08. The van der Waals surface area contributed by atoms with Crippen LogP contribution in [0.25, 0.3) is 11.0 Å². The van der Waals surface area contributed by atoms with E-state index in [1.165, 1.54) is 6.07 Å². The van der Waals surface area contributed by atoms with E-state index in [4.69, 9.17) is 9.15 Å². The molecule has 0 saturated carbocycles. The molecule has 0 aliphatic carbocycles. The number of carbonyl (C=O) groups is 1. The van der Waals surface area contributed by atoms with E-state index in [9.17, 15) is 9.59 Å². The predicted molar refractivity (Wildman–Crippen MR) is 105 cm³/mol. The lowest BCUT2D eigenvalue weighted by molar-refractivity contribution is -0.133. The molecule has 1 aromatic heterocycles. The predicted octanol–water partition coefficient (Wildman–Crippen LogP) is 3.84. The third-order valence-electron chi connectivity index (χ3n) is 4.62. The Morgan fingerprint density at radius 2 is 1.85 bits per heavy atom. The highest BCUT2D eigenvalue weighted by molar-refractivity contribution is 5.85. The van der Waals surface area contributed by atoms with Crippen LogP contribution in [0.1, 0.15) is 23.6 Å². The van der Waals surface area contributed by atoms with Gasteiger partial charge in [0.15, 0.2) is 6.61 Å². The van der Waals surface area contributed by atoms with Gasteiger partial charge in [-0.1, -0.05) is 30.3 Å². The zero-order valence-electron chi connectivity index (χ0n) is 15.8. The molecular weight excluding hydrogens is 342 g/mol. The molecule has 27 heavy (non-hydrogen) atoms. The lowest BCUT2D eigenvalue weighted by atomic mass is 10.1. The summed E-state index contributed by atoms with van der Waals surface area (Å²) in [6.07, 6.45) is 0. The van der Waals surface area contributed by atoms with Crippen LogP contribution in [0.4, 0.5) is 0 Å². The number of hydrogen-bond acceptors (Lipinski definition) is 4. The Balaban J connectivity index is 1.74. The molecular formula is C22H23NO4. The van der Waals surface area contributed by atoms with Gasteiger partial charge in [0, 0.05) is 30.1 Å². The van der Waals surface area contributed by atoms with E-state index in [0.29, 0.717) is 30.0 Å². The van der Waals surface area contributed by atoms with E-state index in [1.54, 1.807) is 4.90 Å². The minimum atomic E-state index is -0.392. The van der Waals surface area contributed by atoms with Gasteiger partial charge >= 0.3 is 5.63 Å². The Labute approximate surface area is 158 Å². The summed E-state index contributed by atoms with van der Waals surface area (Å²) in [7, 11) is 0. The molecule has 0 radical (unpaired) electrons. The zero-order valence-corrected chi connectivity index (χ0v) is 15.8. The van der Waals surface area contributed by atoms with E-state index < -0.39 is 5.63 Å². The van der Waals surface area contributed by atoms with Crippen molar-refractivity contribution in [2.75, 3.05) is 13.2 Å². The summed E-state index contributed by atoms with van der Waals surface area (Å²) in [4.78, 5) is 26.0. The maximum absolute atomic E-state index is 12.6. The summed E-state index contributed by atoms with van der Waals surface area (Å²) in [6.45, 7) is 6.71. The fraction of sp³-hybridized carbons (Fsp3) is 0.273. The highest BCUT2D eigenvalue weighted by Crippen LogP contribution is 2.28. The summed E-state index contributed by atoms with van der Waals surface area (Å²) in [5, 5.41) is 0.866. The first-order chi connectivity index (χ1) is 13.0. The summed E-state index contributed by atoms with van der Waals surface area (Å²) in [5.41, 5.74) is 2.75.